The zero-order valence-corrected chi connectivity index (χ0v) is 12.1. The number of carbonyl (C=O) groups is 1. The van der Waals surface area contributed by atoms with E-state index in [1.807, 2.05) is 31.2 Å². The van der Waals surface area contributed by atoms with Crippen molar-refractivity contribution in [1.82, 2.24) is 19.6 Å². The molecule has 0 fully saturated rings. The van der Waals surface area contributed by atoms with Crippen molar-refractivity contribution in [1.29, 1.82) is 0 Å². The number of aryl methyl sites for hydroxylation is 2. The van der Waals surface area contributed by atoms with Crippen molar-refractivity contribution in [2.75, 3.05) is 0 Å². The lowest BCUT2D eigenvalue weighted by atomic mass is 10.1. The summed E-state index contributed by atoms with van der Waals surface area (Å²) in [7, 11) is 0. The number of rotatable bonds is 3. The molecule has 1 aromatic carbocycles. The van der Waals surface area contributed by atoms with Crippen molar-refractivity contribution in [3.63, 3.8) is 0 Å². The van der Waals surface area contributed by atoms with E-state index in [4.69, 9.17) is 5.11 Å². The van der Waals surface area contributed by atoms with E-state index in [0.29, 0.717) is 11.5 Å². The van der Waals surface area contributed by atoms with Gasteiger partial charge in [-0.1, -0.05) is 29.8 Å². The summed E-state index contributed by atoms with van der Waals surface area (Å²) in [5.74, 6) is -0.330. The molecule has 0 bridgehead atoms. The normalized spacial score (nSPS) is 11.0. The van der Waals surface area contributed by atoms with Gasteiger partial charge in [0.25, 0.3) is 11.3 Å². The number of benzene rings is 1. The van der Waals surface area contributed by atoms with E-state index in [1.165, 1.54) is 4.52 Å². The molecule has 22 heavy (non-hydrogen) atoms. The topological polar surface area (TPSA) is 100 Å². The Kier molecular flexibility index (Phi) is 3.25. The smallest absolute Gasteiger partial charge is 0.308 e. The molecule has 0 aliphatic heterocycles. The third-order valence-corrected chi connectivity index (χ3v) is 3.45. The molecule has 0 radical (unpaired) electrons. The molecule has 2 N–H and O–H groups in total. The predicted octanol–water partition coefficient (Wildman–Crippen LogP) is 1.33. The van der Waals surface area contributed by atoms with Crippen LogP contribution in [0.25, 0.3) is 17.2 Å². The molecular weight excluding hydrogens is 284 g/mol. The fourth-order valence-corrected chi connectivity index (χ4v) is 2.25. The number of nitrogens with zero attached hydrogens (tertiary/aromatic N) is 3. The van der Waals surface area contributed by atoms with E-state index in [-0.39, 0.29) is 17.8 Å². The van der Waals surface area contributed by atoms with Gasteiger partial charge >= 0.3 is 5.97 Å². The van der Waals surface area contributed by atoms with Gasteiger partial charge in [-0.3, -0.25) is 14.7 Å². The SMILES string of the molecule is Cc1ccc(-c2nc3nc(C)c(CC(=O)O)c(=O)n3[nH]2)cc1. The minimum atomic E-state index is -1.07. The maximum Gasteiger partial charge on any atom is 0.308 e. The summed E-state index contributed by atoms with van der Waals surface area (Å²) < 4.78 is 1.18. The maximum atomic E-state index is 12.4. The number of aromatic nitrogens is 4. The Labute approximate surface area is 125 Å². The molecule has 3 rings (SSSR count). The molecular formula is C15H14N4O3. The molecule has 0 atom stereocenters. The number of fused-ring (bicyclic) bond motifs is 1. The van der Waals surface area contributed by atoms with Crippen LogP contribution in [0.2, 0.25) is 0 Å². The first-order chi connectivity index (χ1) is 10.5. The summed E-state index contributed by atoms with van der Waals surface area (Å²) in [5, 5.41) is 11.8. The molecule has 7 heteroatoms. The van der Waals surface area contributed by atoms with Gasteiger partial charge in [-0.25, -0.2) is 4.98 Å². The number of nitrogens with one attached hydrogen (secondary N) is 1. The zero-order chi connectivity index (χ0) is 15.9. The zero-order valence-electron chi connectivity index (χ0n) is 12.1. The molecule has 0 spiro atoms. The Morgan fingerprint density at radius 1 is 1.23 bits per heavy atom. The van der Waals surface area contributed by atoms with Crippen molar-refractivity contribution in [2.24, 2.45) is 0 Å². The summed E-state index contributed by atoms with van der Waals surface area (Å²) in [6.45, 7) is 3.59. The summed E-state index contributed by atoms with van der Waals surface area (Å²) in [4.78, 5) is 31.8. The van der Waals surface area contributed by atoms with Crippen LogP contribution < -0.4 is 5.56 Å². The highest BCUT2D eigenvalue weighted by atomic mass is 16.4. The van der Waals surface area contributed by atoms with Crippen LogP contribution in [0.5, 0.6) is 0 Å². The van der Waals surface area contributed by atoms with Crippen LogP contribution in [0, 0.1) is 13.8 Å². The van der Waals surface area contributed by atoms with Crippen LogP contribution >= 0.6 is 0 Å². The van der Waals surface area contributed by atoms with E-state index in [9.17, 15) is 9.59 Å². The number of carboxylic acids is 1. The molecule has 3 aromatic rings. The molecule has 0 amide bonds. The minimum Gasteiger partial charge on any atom is -0.481 e. The summed E-state index contributed by atoms with van der Waals surface area (Å²) in [5.41, 5.74) is 2.05. The first-order valence-electron chi connectivity index (χ1n) is 6.73. The molecule has 2 heterocycles. The predicted molar refractivity (Wildman–Crippen MR) is 79.9 cm³/mol. The largest absolute Gasteiger partial charge is 0.481 e. The van der Waals surface area contributed by atoms with E-state index >= 15 is 0 Å². The van der Waals surface area contributed by atoms with Gasteiger partial charge in [0.05, 0.1) is 17.7 Å². The molecule has 7 nitrogen and oxygen atoms in total. The lowest BCUT2D eigenvalue weighted by molar-refractivity contribution is -0.136. The number of hydrogen-bond acceptors (Lipinski definition) is 4. The van der Waals surface area contributed by atoms with E-state index in [1.54, 1.807) is 6.92 Å². The standard InChI is InChI=1S/C15H14N4O3/c1-8-3-5-10(6-4-8)13-17-15-16-9(2)11(7-12(20)21)14(22)19(15)18-13/h3-6H,7H2,1-2H3,(H,20,21)(H,16,17,18). The second-order valence-electron chi connectivity index (χ2n) is 5.13. The highest BCUT2D eigenvalue weighted by Gasteiger charge is 2.16. The third-order valence-electron chi connectivity index (χ3n) is 3.45. The van der Waals surface area contributed by atoms with Gasteiger partial charge in [0.1, 0.15) is 0 Å². The number of hydrogen-bond donors (Lipinski definition) is 2. The van der Waals surface area contributed by atoms with E-state index < -0.39 is 11.5 Å². The first kappa shape index (κ1) is 14.0. The Hall–Kier alpha value is -2.96. The van der Waals surface area contributed by atoms with Gasteiger partial charge in [-0.05, 0) is 13.8 Å². The molecule has 0 saturated heterocycles. The Balaban J connectivity index is 2.18. The van der Waals surface area contributed by atoms with Crippen molar-refractivity contribution < 1.29 is 9.90 Å². The minimum absolute atomic E-state index is 0.157. The number of carboxylic acid groups (broad SMARTS) is 1. The average molecular weight is 298 g/mol. The Morgan fingerprint density at radius 3 is 2.55 bits per heavy atom. The molecule has 2 aromatic heterocycles. The Bertz CT molecular complexity index is 922. The van der Waals surface area contributed by atoms with Crippen LogP contribution in [-0.4, -0.2) is 30.7 Å². The van der Waals surface area contributed by atoms with Crippen molar-refractivity contribution in [3.8, 4) is 11.4 Å². The van der Waals surface area contributed by atoms with Gasteiger partial charge in [-0.2, -0.15) is 9.50 Å². The summed E-state index contributed by atoms with van der Waals surface area (Å²) >= 11 is 0. The van der Waals surface area contributed by atoms with Crippen LogP contribution in [0.15, 0.2) is 29.1 Å². The molecule has 112 valence electrons. The first-order valence-corrected chi connectivity index (χ1v) is 6.73. The highest BCUT2D eigenvalue weighted by molar-refractivity contribution is 5.70. The lowest BCUT2D eigenvalue weighted by Crippen LogP contribution is -2.24. The fourth-order valence-electron chi connectivity index (χ4n) is 2.25. The number of aliphatic carboxylic acids is 1. The summed E-state index contributed by atoms with van der Waals surface area (Å²) in [6, 6.07) is 7.67. The quantitative estimate of drug-likeness (QED) is 0.759. The van der Waals surface area contributed by atoms with Crippen molar-refractivity contribution >= 4 is 11.7 Å². The molecule has 0 aliphatic carbocycles. The summed E-state index contributed by atoms with van der Waals surface area (Å²) in [6.07, 6.45) is -0.362. The fraction of sp³-hybridized carbons (Fsp3) is 0.200. The van der Waals surface area contributed by atoms with Crippen molar-refractivity contribution in [3.05, 3.63) is 51.4 Å². The average Bonchev–Trinajstić information content (AvgIpc) is 2.88. The van der Waals surface area contributed by atoms with Gasteiger partial charge in [0.2, 0.25) is 0 Å². The van der Waals surface area contributed by atoms with E-state index in [2.05, 4.69) is 15.1 Å². The number of aromatic amines is 1. The maximum absolute atomic E-state index is 12.4. The van der Waals surface area contributed by atoms with Gasteiger partial charge < -0.3 is 5.11 Å². The van der Waals surface area contributed by atoms with Gasteiger partial charge in [-0.15, -0.1) is 0 Å². The van der Waals surface area contributed by atoms with Gasteiger partial charge in [0.15, 0.2) is 5.82 Å². The van der Waals surface area contributed by atoms with Crippen molar-refractivity contribution in [2.45, 2.75) is 20.3 Å². The molecule has 0 saturated carbocycles. The highest BCUT2D eigenvalue weighted by Crippen LogP contribution is 2.16. The van der Waals surface area contributed by atoms with Crippen LogP contribution in [-0.2, 0) is 11.2 Å². The second-order valence-corrected chi connectivity index (χ2v) is 5.13. The second kappa shape index (κ2) is 5.10. The van der Waals surface area contributed by atoms with Crippen LogP contribution in [0.4, 0.5) is 0 Å². The van der Waals surface area contributed by atoms with Crippen LogP contribution in [0.1, 0.15) is 16.8 Å². The molecule has 0 aliphatic rings. The number of H-pyrrole nitrogens is 1. The van der Waals surface area contributed by atoms with E-state index in [0.717, 1.165) is 11.1 Å². The molecule has 0 unspecified atom stereocenters. The lowest BCUT2D eigenvalue weighted by Gasteiger charge is -2.01. The third kappa shape index (κ3) is 2.37. The van der Waals surface area contributed by atoms with Crippen LogP contribution in [0.3, 0.4) is 0 Å². The Morgan fingerprint density at radius 2 is 1.91 bits per heavy atom. The monoisotopic (exact) mass is 298 g/mol. The van der Waals surface area contributed by atoms with Gasteiger partial charge in [0, 0.05) is 5.56 Å².